The molecule has 4 rings (SSSR count). The minimum atomic E-state index is -4.81. The van der Waals surface area contributed by atoms with Gasteiger partial charge in [-0.25, -0.2) is 4.79 Å². The number of carbonyl (C=O) groups excluding carboxylic acids is 2. The third kappa shape index (κ3) is 6.54. The molecule has 8 nitrogen and oxygen atoms in total. The summed E-state index contributed by atoms with van der Waals surface area (Å²) in [7, 11) is 0. The van der Waals surface area contributed by atoms with E-state index in [1.165, 1.54) is 24.3 Å². The highest BCUT2D eigenvalue weighted by Crippen LogP contribution is 2.42. The Morgan fingerprint density at radius 2 is 1.72 bits per heavy atom. The van der Waals surface area contributed by atoms with Crippen LogP contribution in [0.5, 0.6) is 11.5 Å². The molecule has 1 aliphatic rings. The van der Waals surface area contributed by atoms with Crippen LogP contribution in [0.2, 0.25) is 0 Å². The minimum Gasteiger partial charge on any atom is -0.489 e. The topological polar surface area (TPSA) is 103 Å². The summed E-state index contributed by atoms with van der Waals surface area (Å²) >= 11 is 0. The first-order valence-electron chi connectivity index (χ1n) is 12.3. The maximum absolute atomic E-state index is 13.0. The zero-order valence-electron chi connectivity index (χ0n) is 21.2. The van der Waals surface area contributed by atoms with Gasteiger partial charge in [-0.15, -0.1) is 13.2 Å². The second-order valence-electron chi connectivity index (χ2n) is 8.95. The second kappa shape index (κ2) is 11.5. The molecule has 1 heterocycles. The lowest BCUT2D eigenvalue weighted by atomic mass is 10.1. The number of nitrogens with two attached hydrogens (primary N) is 1. The molecular formula is C28H28F3N3O5. The Morgan fingerprint density at radius 1 is 1.00 bits per heavy atom. The van der Waals surface area contributed by atoms with E-state index in [0.29, 0.717) is 22.7 Å². The van der Waals surface area contributed by atoms with Crippen molar-refractivity contribution in [2.75, 3.05) is 23.4 Å². The molecule has 3 aromatic rings. The van der Waals surface area contributed by atoms with E-state index in [9.17, 15) is 22.8 Å². The molecule has 1 unspecified atom stereocenters. The number of fused-ring (bicyclic) bond motifs is 1. The van der Waals surface area contributed by atoms with E-state index in [1.807, 2.05) is 13.0 Å². The fourth-order valence-electron chi connectivity index (χ4n) is 4.17. The van der Waals surface area contributed by atoms with Crippen molar-refractivity contribution >= 4 is 23.3 Å². The maximum Gasteiger partial charge on any atom is 0.573 e. The third-order valence-electron chi connectivity index (χ3n) is 6.15. The van der Waals surface area contributed by atoms with Crippen molar-refractivity contribution in [3.05, 3.63) is 83.9 Å². The van der Waals surface area contributed by atoms with E-state index in [1.54, 1.807) is 47.4 Å². The number of carbonyl (C=O) groups is 2. The highest BCUT2D eigenvalue weighted by Gasteiger charge is 2.50. The quantitative estimate of drug-likeness (QED) is 0.252. The number of anilines is 2. The van der Waals surface area contributed by atoms with Crippen LogP contribution in [0.4, 0.5) is 24.5 Å². The zero-order valence-corrected chi connectivity index (χ0v) is 21.2. The van der Waals surface area contributed by atoms with Crippen molar-refractivity contribution in [2.45, 2.75) is 38.3 Å². The van der Waals surface area contributed by atoms with Crippen molar-refractivity contribution in [1.82, 2.24) is 0 Å². The summed E-state index contributed by atoms with van der Waals surface area (Å²) in [5, 5.41) is 3.14. The molecule has 3 aromatic carbocycles. The number of hydrogen-bond acceptors (Lipinski definition) is 7. The number of unbranched alkanes of at least 4 members (excludes halogenated alkanes) is 1. The number of rotatable bonds is 11. The number of primary amides is 1. The number of ether oxygens (including phenoxy) is 3. The van der Waals surface area contributed by atoms with Gasteiger partial charge in [0.1, 0.15) is 18.1 Å². The van der Waals surface area contributed by atoms with Gasteiger partial charge in [0.2, 0.25) is 5.66 Å². The number of nitrogens with one attached hydrogen (secondary N) is 1. The van der Waals surface area contributed by atoms with Gasteiger partial charge in [-0.2, -0.15) is 0 Å². The van der Waals surface area contributed by atoms with Gasteiger partial charge in [0.05, 0.1) is 23.5 Å². The summed E-state index contributed by atoms with van der Waals surface area (Å²) in [6.45, 7) is 2.15. The number of nitrogens with zero attached hydrogens (tertiary/aromatic N) is 1. The first kappa shape index (κ1) is 27.6. The monoisotopic (exact) mass is 543 g/mol. The zero-order chi connectivity index (χ0) is 28.0. The molecule has 39 heavy (non-hydrogen) atoms. The number of para-hydroxylation sites is 1. The Labute approximate surface area is 223 Å². The minimum absolute atomic E-state index is 0.0771. The van der Waals surface area contributed by atoms with Crippen molar-refractivity contribution in [1.29, 1.82) is 0 Å². The standard InChI is InChI=1S/C28H28F3N3O5/c1-2-3-15-37-25(35)20-11-14-24-23(16-20)33-27(26(32)36,18-38-21-7-5-4-6-8-21)34(24)17-19-9-12-22(13-10-19)39-28(29,30)31/h4-14,16,33H,2-3,15,17-18H2,1H3,(H2,32,36). The Kier molecular flexibility index (Phi) is 8.18. The summed E-state index contributed by atoms with van der Waals surface area (Å²) < 4.78 is 53.0. The largest absolute Gasteiger partial charge is 0.573 e. The molecule has 0 aromatic heterocycles. The lowest BCUT2D eigenvalue weighted by Crippen LogP contribution is -2.63. The molecule has 3 N–H and O–H groups in total. The van der Waals surface area contributed by atoms with Gasteiger partial charge in [0, 0.05) is 6.54 Å². The summed E-state index contributed by atoms with van der Waals surface area (Å²) in [4.78, 5) is 27.2. The maximum atomic E-state index is 13.0. The normalized spacial score (nSPS) is 16.3. The fraction of sp³-hybridized carbons (Fsp3) is 0.286. The number of benzene rings is 3. The molecular weight excluding hydrogens is 515 g/mol. The van der Waals surface area contributed by atoms with Crippen LogP contribution in [0, 0.1) is 0 Å². The average molecular weight is 544 g/mol. The molecule has 1 aliphatic heterocycles. The Bertz CT molecular complexity index is 1300. The van der Waals surface area contributed by atoms with Crippen molar-refractivity contribution in [3.8, 4) is 11.5 Å². The van der Waals surface area contributed by atoms with Gasteiger partial charge >= 0.3 is 12.3 Å². The van der Waals surface area contributed by atoms with Gasteiger partial charge in [0.15, 0.2) is 0 Å². The van der Waals surface area contributed by atoms with Crippen LogP contribution in [0.1, 0.15) is 35.7 Å². The summed E-state index contributed by atoms with van der Waals surface area (Å²) in [6, 6.07) is 18.9. The lowest BCUT2D eigenvalue weighted by Gasteiger charge is -2.37. The Balaban J connectivity index is 1.66. The number of halogens is 3. The molecule has 0 saturated carbocycles. The number of esters is 1. The van der Waals surface area contributed by atoms with Gasteiger partial charge in [-0.3, -0.25) is 4.79 Å². The van der Waals surface area contributed by atoms with Crippen molar-refractivity contribution in [3.63, 3.8) is 0 Å². The van der Waals surface area contributed by atoms with E-state index in [0.717, 1.165) is 12.8 Å². The van der Waals surface area contributed by atoms with E-state index in [-0.39, 0.29) is 31.1 Å². The summed E-state index contributed by atoms with van der Waals surface area (Å²) in [6.07, 6.45) is -3.21. The number of amides is 1. The van der Waals surface area contributed by atoms with E-state index in [2.05, 4.69) is 10.1 Å². The highest BCUT2D eigenvalue weighted by molar-refractivity contribution is 6.00. The van der Waals surface area contributed by atoms with Crippen molar-refractivity contribution in [2.24, 2.45) is 5.73 Å². The predicted molar refractivity (Wildman–Crippen MR) is 138 cm³/mol. The lowest BCUT2D eigenvalue weighted by molar-refractivity contribution is -0.274. The smallest absolute Gasteiger partial charge is 0.489 e. The van der Waals surface area contributed by atoms with E-state index >= 15 is 0 Å². The second-order valence-corrected chi connectivity index (χ2v) is 8.95. The van der Waals surface area contributed by atoms with Crippen molar-refractivity contribution < 1.29 is 37.0 Å². The molecule has 0 fully saturated rings. The van der Waals surface area contributed by atoms with Gasteiger partial charge in [0.25, 0.3) is 5.91 Å². The first-order valence-corrected chi connectivity index (χ1v) is 12.3. The van der Waals surface area contributed by atoms with Gasteiger partial charge < -0.3 is 30.2 Å². The fourth-order valence-corrected chi connectivity index (χ4v) is 4.17. The molecule has 1 atom stereocenters. The predicted octanol–water partition coefficient (Wildman–Crippen LogP) is 5.23. The molecule has 0 bridgehead atoms. The van der Waals surface area contributed by atoms with Gasteiger partial charge in [-0.05, 0) is 54.4 Å². The Morgan fingerprint density at radius 3 is 2.36 bits per heavy atom. The van der Waals surface area contributed by atoms with Crippen LogP contribution in [-0.4, -0.2) is 37.1 Å². The molecule has 0 spiro atoms. The molecule has 11 heteroatoms. The Hall–Kier alpha value is -4.41. The molecule has 1 amide bonds. The van der Waals surface area contributed by atoms with Crippen LogP contribution < -0.4 is 25.4 Å². The van der Waals surface area contributed by atoms with Gasteiger partial charge in [-0.1, -0.05) is 43.7 Å². The molecule has 0 aliphatic carbocycles. The van der Waals surface area contributed by atoms with Crippen LogP contribution in [0.15, 0.2) is 72.8 Å². The van der Waals surface area contributed by atoms with Crippen LogP contribution in [-0.2, 0) is 16.1 Å². The molecule has 0 saturated heterocycles. The van der Waals surface area contributed by atoms with E-state index < -0.39 is 23.9 Å². The highest BCUT2D eigenvalue weighted by atomic mass is 19.4. The SMILES string of the molecule is CCCCOC(=O)c1ccc2c(c1)NC(COc1ccccc1)(C(N)=O)N2Cc1ccc(OC(F)(F)F)cc1. The first-order chi connectivity index (χ1) is 18.6. The number of alkyl halides is 3. The van der Waals surface area contributed by atoms with Crippen LogP contribution in [0.25, 0.3) is 0 Å². The van der Waals surface area contributed by atoms with E-state index in [4.69, 9.17) is 15.2 Å². The molecule has 206 valence electrons. The third-order valence-corrected chi connectivity index (χ3v) is 6.15. The summed E-state index contributed by atoms with van der Waals surface area (Å²) in [5.41, 5.74) is 6.22. The summed E-state index contributed by atoms with van der Waals surface area (Å²) in [5.74, 6) is -1.12. The number of hydrogen-bond donors (Lipinski definition) is 2. The average Bonchev–Trinajstić information content (AvgIpc) is 3.22. The van der Waals surface area contributed by atoms with Crippen LogP contribution in [0.3, 0.4) is 0 Å². The van der Waals surface area contributed by atoms with Crippen LogP contribution >= 0.6 is 0 Å². The molecule has 0 radical (unpaired) electrons.